The lowest BCUT2D eigenvalue weighted by Gasteiger charge is -2.13. The molecule has 108 valence electrons. The smallest absolute Gasteiger partial charge is 0.339 e. The van der Waals surface area contributed by atoms with E-state index in [1.165, 1.54) is 0 Å². The summed E-state index contributed by atoms with van der Waals surface area (Å²) in [6.07, 6.45) is -0.395. The Morgan fingerprint density at radius 3 is 2.24 bits per heavy atom. The third-order valence-electron chi connectivity index (χ3n) is 3.66. The van der Waals surface area contributed by atoms with E-state index in [1.807, 2.05) is 37.3 Å². The molecule has 2 aromatic rings. The van der Waals surface area contributed by atoms with Crippen molar-refractivity contribution in [1.82, 2.24) is 0 Å². The van der Waals surface area contributed by atoms with E-state index in [0.29, 0.717) is 17.1 Å². The molecular formula is C17H16O4. The normalized spacial score (nSPS) is 16.3. The number of benzene rings is 2. The highest BCUT2D eigenvalue weighted by molar-refractivity contribution is 5.95. The Bertz CT molecular complexity index is 689. The maximum absolute atomic E-state index is 12.1. The van der Waals surface area contributed by atoms with E-state index >= 15 is 0 Å². The summed E-state index contributed by atoms with van der Waals surface area (Å²) in [5, 5.41) is 0. The van der Waals surface area contributed by atoms with Gasteiger partial charge in [-0.15, -0.1) is 0 Å². The Labute approximate surface area is 123 Å². The Morgan fingerprint density at radius 2 is 1.62 bits per heavy atom. The van der Waals surface area contributed by atoms with Crippen LogP contribution in [0.5, 0.6) is 11.5 Å². The number of hydrogen-bond acceptors (Lipinski definition) is 4. The van der Waals surface area contributed by atoms with Crippen LogP contribution in [0.2, 0.25) is 0 Å². The van der Waals surface area contributed by atoms with Crippen LogP contribution in [0.4, 0.5) is 0 Å². The average Bonchev–Trinajstić information content (AvgIpc) is 2.83. The van der Waals surface area contributed by atoms with Crippen molar-refractivity contribution < 1.29 is 19.0 Å². The van der Waals surface area contributed by atoms with Crippen LogP contribution in [0.15, 0.2) is 36.4 Å². The minimum atomic E-state index is -0.395. The molecule has 4 heteroatoms. The average molecular weight is 284 g/mol. The molecule has 3 rings (SSSR count). The third-order valence-corrected chi connectivity index (χ3v) is 3.66. The standard InChI is InChI=1S/C17H16O4/c1-10-4-6-11(7-5-10)16-12-8-14(19-2)15(20-3)9-13(12)17(18)21-16/h4-9,16H,1-3H3. The summed E-state index contributed by atoms with van der Waals surface area (Å²) in [5.74, 6) is 0.779. The Morgan fingerprint density at radius 1 is 1.00 bits per heavy atom. The molecule has 0 saturated carbocycles. The van der Waals surface area contributed by atoms with Gasteiger partial charge in [-0.05, 0) is 24.6 Å². The second kappa shape index (κ2) is 5.13. The van der Waals surface area contributed by atoms with E-state index in [4.69, 9.17) is 14.2 Å². The highest BCUT2D eigenvalue weighted by Gasteiger charge is 2.33. The Hall–Kier alpha value is -2.49. The summed E-state index contributed by atoms with van der Waals surface area (Å²) in [6.45, 7) is 2.02. The quantitative estimate of drug-likeness (QED) is 0.811. The first kappa shape index (κ1) is 13.5. The van der Waals surface area contributed by atoms with Crippen LogP contribution in [0.3, 0.4) is 0 Å². The highest BCUT2D eigenvalue weighted by Crippen LogP contribution is 2.41. The van der Waals surface area contributed by atoms with Crippen LogP contribution in [0.25, 0.3) is 0 Å². The van der Waals surface area contributed by atoms with Crippen molar-refractivity contribution in [2.75, 3.05) is 14.2 Å². The van der Waals surface area contributed by atoms with E-state index < -0.39 is 6.10 Å². The summed E-state index contributed by atoms with van der Waals surface area (Å²) in [7, 11) is 3.12. The van der Waals surface area contributed by atoms with Gasteiger partial charge >= 0.3 is 5.97 Å². The molecule has 0 spiro atoms. The number of methoxy groups -OCH3 is 2. The molecule has 0 aromatic heterocycles. The largest absolute Gasteiger partial charge is 0.493 e. The number of esters is 1. The zero-order valence-electron chi connectivity index (χ0n) is 12.2. The van der Waals surface area contributed by atoms with Crippen molar-refractivity contribution in [3.8, 4) is 11.5 Å². The zero-order valence-corrected chi connectivity index (χ0v) is 12.2. The second-order valence-corrected chi connectivity index (χ2v) is 4.99. The van der Waals surface area contributed by atoms with Crippen LogP contribution in [0.1, 0.15) is 33.2 Å². The van der Waals surface area contributed by atoms with Crippen molar-refractivity contribution in [2.24, 2.45) is 0 Å². The van der Waals surface area contributed by atoms with Crippen molar-refractivity contribution in [1.29, 1.82) is 0 Å². The second-order valence-electron chi connectivity index (χ2n) is 4.99. The lowest BCUT2D eigenvalue weighted by molar-refractivity contribution is 0.0455. The van der Waals surface area contributed by atoms with Crippen molar-refractivity contribution in [2.45, 2.75) is 13.0 Å². The summed E-state index contributed by atoms with van der Waals surface area (Å²) < 4.78 is 16.0. The van der Waals surface area contributed by atoms with Gasteiger partial charge in [0.25, 0.3) is 0 Å². The predicted octanol–water partition coefficient (Wildman–Crippen LogP) is 3.27. The van der Waals surface area contributed by atoms with Gasteiger partial charge in [0.05, 0.1) is 19.8 Å². The molecule has 0 fully saturated rings. The number of cyclic esters (lactones) is 1. The molecule has 0 aliphatic carbocycles. The van der Waals surface area contributed by atoms with Crippen LogP contribution in [0, 0.1) is 6.92 Å². The van der Waals surface area contributed by atoms with Gasteiger partial charge in [0.2, 0.25) is 0 Å². The van der Waals surface area contributed by atoms with Crippen molar-refractivity contribution in [3.63, 3.8) is 0 Å². The molecule has 1 heterocycles. The molecule has 0 saturated heterocycles. The molecule has 4 nitrogen and oxygen atoms in total. The maximum Gasteiger partial charge on any atom is 0.339 e. The molecule has 0 amide bonds. The lowest BCUT2D eigenvalue weighted by atomic mass is 9.98. The monoisotopic (exact) mass is 284 g/mol. The number of fused-ring (bicyclic) bond motifs is 1. The molecule has 1 aliphatic heterocycles. The van der Waals surface area contributed by atoms with Gasteiger partial charge in [-0.3, -0.25) is 0 Å². The molecule has 0 N–H and O–H groups in total. The molecule has 0 radical (unpaired) electrons. The summed E-state index contributed by atoms with van der Waals surface area (Å²) in [6, 6.07) is 11.4. The number of carbonyl (C=O) groups is 1. The van der Waals surface area contributed by atoms with Gasteiger partial charge in [0, 0.05) is 5.56 Å². The fraction of sp³-hybridized carbons (Fsp3) is 0.235. The lowest BCUT2D eigenvalue weighted by Crippen LogP contribution is -2.00. The zero-order chi connectivity index (χ0) is 15.0. The molecular weight excluding hydrogens is 268 g/mol. The molecule has 1 aliphatic rings. The van der Waals surface area contributed by atoms with Crippen LogP contribution in [-0.4, -0.2) is 20.2 Å². The minimum absolute atomic E-state index is 0.337. The van der Waals surface area contributed by atoms with Gasteiger partial charge in [-0.1, -0.05) is 29.8 Å². The van der Waals surface area contributed by atoms with Crippen LogP contribution < -0.4 is 9.47 Å². The Kier molecular flexibility index (Phi) is 3.29. The first-order valence-corrected chi connectivity index (χ1v) is 6.67. The van der Waals surface area contributed by atoms with Gasteiger partial charge in [-0.2, -0.15) is 0 Å². The number of hydrogen-bond donors (Lipinski definition) is 0. The summed E-state index contributed by atoms with van der Waals surface area (Å²) >= 11 is 0. The number of rotatable bonds is 3. The molecule has 1 unspecified atom stereocenters. The fourth-order valence-electron chi connectivity index (χ4n) is 2.51. The first-order valence-electron chi connectivity index (χ1n) is 6.67. The fourth-order valence-corrected chi connectivity index (χ4v) is 2.51. The van der Waals surface area contributed by atoms with E-state index in [9.17, 15) is 4.79 Å². The number of ether oxygens (including phenoxy) is 3. The van der Waals surface area contributed by atoms with Gasteiger partial charge in [-0.25, -0.2) is 4.79 Å². The van der Waals surface area contributed by atoms with E-state index in [2.05, 4.69) is 0 Å². The van der Waals surface area contributed by atoms with Crippen molar-refractivity contribution in [3.05, 3.63) is 58.7 Å². The summed E-state index contributed by atoms with van der Waals surface area (Å²) in [5.41, 5.74) is 3.44. The molecule has 2 aromatic carbocycles. The van der Waals surface area contributed by atoms with Crippen molar-refractivity contribution >= 4 is 5.97 Å². The molecule has 0 bridgehead atoms. The molecule has 1 atom stereocenters. The van der Waals surface area contributed by atoms with E-state index in [1.54, 1.807) is 20.3 Å². The van der Waals surface area contributed by atoms with Gasteiger partial charge in [0.15, 0.2) is 17.6 Å². The van der Waals surface area contributed by atoms with Crippen LogP contribution >= 0.6 is 0 Å². The van der Waals surface area contributed by atoms with Gasteiger partial charge < -0.3 is 14.2 Å². The highest BCUT2D eigenvalue weighted by atomic mass is 16.5. The van der Waals surface area contributed by atoms with Gasteiger partial charge in [0.1, 0.15) is 0 Å². The minimum Gasteiger partial charge on any atom is -0.493 e. The SMILES string of the molecule is COc1cc2c(cc1OC)C(c1ccc(C)cc1)OC2=O. The first-order chi connectivity index (χ1) is 10.1. The van der Waals surface area contributed by atoms with E-state index in [0.717, 1.165) is 16.7 Å². The summed E-state index contributed by atoms with van der Waals surface area (Å²) in [4.78, 5) is 12.1. The molecule has 21 heavy (non-hydrogen) atoms. The topological polar surface area (TPSA) is 44.8 Å². The Balaban J connectivity index is 2.10. The predicted molar refractivity (Wildman–Crippen MR) is 78.0 cm³/mol. The number of carbonyl (C=O) groups excluding carboxylic acids is 1. The van der Waals surface area contributed by atoms with E-state index in [-0.39, 0.29) is 5.97 Å². The van der Waals surface area contributed by atoms with Crippen LogP contribution in [-0.2, 0) is 4.74 Å². The third kappa shape index (κ3) is 2.23. The maximum atomic E-state index is 12.1. The number of aryl methyl sites for hydroxylation is 1.